The monoisotopic (exact) mass is 491 g/mol. The lowest BCUT2D eigenvalue weighted by atomic mass is 10.1. The van der Waals surface area contributed by atoms with E-state index < -0.39 is 0 Å². The van der Waals surface area contributed by atoms with Crippen LogP contribution in [0.15, 0.2) is 53.5 Å². The Labute approximate surface area is 211 Å². The molecule has 7 heteroatoms. The number of fused-ring (bicyclic) bond motifs is 1. The molecule has 0 spiro atoms. The smallest absolute Gasteiger partial charge is 0.262 e. The van der Waals surface area contributed by atoms with Gasteiger partial charge in [0.1, 0.15) is 18.2 Å². The summed E-state index contributed by atoms with van der Waals surface area (Å²) in [6.07, 6.45) is 7.52. The normalized spacial score (nSPS) is 24.7. The molecule has 0 radical (unpaired) electrons. The second-order valence-electron chi connectivity index (χ2n) is 10.4. The minimum absolute atomic E-state index is 0.141. The third-order valence-corrected chi connectivity index (χ3v) is 8.12. The lowest BCUT2D eigenvalue weighted by molar-refractivity contribution is 0.0680. The van der Waals surface area contributed by atoms with Crippen LogP contribution in [0.2, 0.25) is 0 Å². The summed E-state index contributed by atoms with van der Waals surface area (Å²) in [5.74, 6) is 0.435. The molecule has 0 unspecified atom stereocenters. The maximum atomic E-state index is 15.3. The van der Waals surface area contributed by atoms with Gasteiger partial charge in [-0.1, -0.05) is 0 Å². The van der Waals surface area contributed by atoms with E-state index in [4.69, 9.17) is 9.47 Å². The number of anilines is 1. The molecule has 0 aliphatic carbocycles. The summed E-state index contributed by atoms with van der Waals surface area (Å²) < 4.78 is 28.3. The number of aromatic nitrogens is 1. The predicted octanol–water partition coefficient (Wildman–Crippen LogP) is 4.75. The molecule has 190 valence electrons. The van der Waals surface area contributed by atoms with Gasteiger partial charge in [-0.25, -0.2) is 4.39 Å². The average molecular weight is 492 g/mol. The highest BCUT2D eigenvalue weighted by atomic mass is 19.1. The third kappa shape index (κ3) is 4.50. The third-order valence-electron chi connectivity index (χ3n) is 8.12. The van der Waals surface area contributed by atoms with Crippen LogP contribution in [0.4, 0.5) is 10.1 Å². The zero-order valence-corrected chi connectivity index (χ0v) is 20.9. The lowest BCUT2D eigenvalue weighted by Crippen LogP contribution is -2.39. The Bertz CT molecular complexity index is 1300. The lowest BCUT2D eigenvalue weighted by Gasteiger charge is -2.28. The second-order valence-corrected chi connectivity index (χ2v) is 10.4. The number of hydrogen-bond donors (Lipinski definition) is 0. The molecule has 0 amide bonds. The minimum Gasteiger partial charge on any atom is -0.491 e. The summed E-state index contributed by atoms with van der Waals surface area (Å²) in [6.45, 7) is 6.47. The SMILES string of the molecule is C[C@H]1CCCN1[C@H]1CCN(c2ccc(-n3ccc4cc(OC[C@H]5CCCO5)ccc4c3=O)cc2F)C1. The van der Waals surface area contributed by atoms with E-state index in [1.54, 1.807) is 12.3 Å². The summed E-state index contributed by atoms with van der Waals surface area (Å²) in [7, 11) is 0. The molecule has 3 aliphatic heterocycles. The first-order valence-electron chi connectivity index (χ1n) is 13.3. The topological polar surface area (TPSA) is 46.9 Å². The molecule has 6 rings (SSSR count). The molecule has 2 aromatic carbocycles. The number of likely N-dealkylation sites (tertiary alicyclic amines) is 1. The first-order valence-corrected chi connectivity index (χ1v) is 13.3. The molecule has 3 fully saturated rings. The molecule has 6 nitrogen and oxygen atoms in total. The number of nitrogens with zero attached hydrogens (tertiary/aromatic N) is 3. The van der Waals surface area contributed by atoms with Crippen molar-refractivity contribution in [1.82, 2.24) is 9.47 Å². The maximum Gasteiger partial charge on any atom is 0.262 e. The van der Waals surface area contributed by atoms with Gasteiger partial charge in [-0.05, 0) is 87.4 Å². The average Bonchev–Trinajstić information content (AvgIpc) is 3.65. The van der Waals surface area contributed by atoms with Crippen molar-refractivity contribution in [1.29, 1.82) is 0 Å². The van der Waals surface area contributed by atoms with Crippen LogP contribution in [0, 0.1) is 5.82 Å². The van der Waals surface area contributed by atoms with Crippen LogP contribution >= 0.6 is 0 Å². The summed E-state index contributed by atoms with van der Waals surface area (Å²) in [4.78, 5) is 18.0. The van der Waals surface area contributed by atoms with Crippen molar-refractivity contribution < 1.29 is 13.9 Å². The van der Waals surface area contributed by atoms with Gasteiger partial charge in [-0.2, -0.15) is 0 Å². The van der Waals surface area contributed by atoms with E-state index in [0.29, 0.717) is 35.5 Å². The molecular weight excluding hydrogens is 457 g/mol. The molecular formula is C29H34FN3O3. The molecule has 0 bridgehead atoms. The minimum atomic E-state index is -0.285. The van der Waals surface area contributed by atoms with Crippen molar-refractivity contribution in [3.63, 3.8) is 0 Å². The first-order chi connectivity index (χ1) is 17.6. The maximum absolute atomic E-state index is 15.3. The van der Waals surface area contributed by atoms with Crippen LogP contribution < -0.4 is 15.2 Å². The van der Waals surface area contributed by atoms with Crippen molar-refractivity contribution in [2.24, 2.45) is 0 Å². The fourth-order valence-corrected chi connectivity index (χ4v) is 6.12. The van der Waals surface area contributed by atoms with Crippen molar-refractivity contribution in [2.45, 2.75) is 57.2 Å². The van der Waals surface area contributed by atoms with Gasteiger partial charge in [0.2, 0.25) is 0 Å². The van der Waals surface area contributed by atoms with Crippen molar-refractivity contribution >= 4 is 16.5 Å². The molecule has 3 saturated heterocycles. The van der Waals surface area contributed by atoms with Crippen LogP contribution in [0.1, 0.15) is 39.0 Å². The number of pyridine rings is 1. The standard InChI is InChI=1S/C29H34FN3O3/c1-20-4-2-12-32(20)23-11-13-31(18-23)28-9-6-22(17-27(28)30)33-14-10-21-16-24(7-8-26(21)29(33)34)36-19-25-5-3-15-35-25/h6-10,14,16-17,20,23,25H,2-5,11-13,15,18-19H2,1H3/t20-,23-,25+/m0/s1. The summed E-state index contributed by atoms with van der Waals surface area (Å²) >= 11 is 0. The van der Waals surface area contributed by atoms with Crippen LogP contribution in [-0.4, -0.2) is 60.5 Å². The van der Waals surface area contributed by atoms with Crippen molar-refractivity contribution in [2.75, 3.05) is 37.7 Å². The largest absolute Gasteiger partial charge is 0.491 e. The number of benzene rings is 2. The van der Waals surface area contributed by atoms with Gasteiger partial charge in [-0.15, -0.1) is 0 Å². The Kier molecular flexibility index (Phi) is 6.44. The van der Waals surface area contributed by atoms with Crippen LogP contribution in [-0.2, 0) is 4.74 Å². The van der Waals surface area contributed by atoms with Gasteiger partial charge < -0.3 is 14.4 Å². The molecule has 0 N–H and O–H groups in total. The second kappa shape index (κ2) is 9.87. The summed E-state index contributed by atoms with van der Waals surface area (Å²) in [5, 5.41) is 1.38. The van der Waals surface area contributed by atoms with E-state index in [1.807, 2.05) is 30.3 Å². The van der Waals surface area contributed by atoms with Gasteiger partial charge in [0.05, 0.1) is 17.5 Å². The molecule has 36 heavy (non-hydrogen) atoms. The van der Waals surface area contributed by atoms with Gasteiger partial charge >= 0.3 is 0 Å². The van der Waals surface area contributed by atoms with E-state index in [9.17, 15) is 4.79 Å². The Morgan fingerprint density at radius 2 is 1.97 bits per heavy atom. The molecule has 1 aromatic heterocycles. The van der Waals surface area contributed by atoms with Crippen LogP contribution in [0.3, 0.4) is 0 Å². The van der Waals surface area contributed by atoms with Gasteiger partial charge in [0.15, 0.2) is 0 Å². The van der Waals surface area contributed by atoms with Crippen molar-refractivity contribution in [3.8, 4) is 11.4 Å². The Morgan fingerprint density at radius 1 is 1.06 bits per heavy atom. The Balaban J connectivity index is 1.19. The fourth-order valence-electron chi connectivity index (χ4n) is 6.12. The molecule has 4 heterocycles. The van der Waals surface area contributed by atoms with E-state index >= 15 is 4.39 Å². The molecule has 0 saturated carbocycles. The molecule has 3 aliphatic rings. The Hall–Kier alpha value is -2.90. The summed E-state index contributed by atoms with van der Waals surface area (Å²) in [5.41, 5.74) is 0.982. The highest BCUT2D eigenvalue weighted by Crippen LogP contribution is 2.30. The van der Waals surface area contributed by atoms with Crippen molar-refractivity contribution in [3.05, 3.63) is 64.8 Å². The zero-order valence-electron chi connectivity index (χ0n) is 20.9. The van der Waals surface area contributed by atoms with E-state index in [-0.39, 0.29) is 17.5 Å². The van der Waals surface area contributed by atoms with E-state index in [2.05, 4.69) is 16.7 Å². The van der Waals surface area contributed by atoms with Gasteiger partial charge in [-0.3, -0.25) is 14.3 Å². The fraction of sp³-hybridized carbons (Fsp3) is 0.483. The highest BCUT2D eigenvalue weighted by Gasteiger charge is 2.33. The van der Waals surface area contributed by atoms with Crippen LogP contribution in [0.25, 0.3) is 16.5 Å². The number of halogens is 1. The van der Waals surface area contributed by atoms with Crippen LogP contribution in [0.5, 0.6) is 5.75 Å². The quantitative estimate of drug-likeness (QED) is 0.498. The first kappa shape index (κ1) is 23.5. The van der Waals surface area contributed by atoms with Gasteiger partial charge in [0.25, 0.3) is 5.56 Å². The zero-order chi connectivity index (χ0) is 24.6. The van der Waals surface area contributed by atoms with Gasteiger partial charge in [0, 0.05) is 49.4 Å². The summed E-state index contributed by atoms with van der Waals surface area (Å²) in [6, 6.07) is 13.6. The number of rotatable bonds is 6. The Morgan fingerprint density at radius 3 is 2.75 bits per heavy atom. The molecule has 3 atom stereocenters. The highest BCUT2D eigenvalue weighted by molar-refractivity contribution is 5.83. The number of ether oxygens (including phenoxy) is 2. The molecule has 3 aromatic rings. The number of hydrogen-bond acceptors (Lipinski definition) is 5. The van der Waals surface area contributed by atoms with E-state index in [0.717, 1.165) is 56.6 Å². The predicted molar refractivity (Wildman–Crippen MR) is 140 cm³/mol. The van der Waals surface area contributed by atoms with E-state index in [1.165, 1.54) is 23.5 Å².